The highest BCUT2D eigenvalue weighted by atomic mass is 35.5. The third-order valence-corrected chi connectivity index (χ3v) is 4.21. The number of rotatable bonds is 2. The normalized spacial score (nSPS) is 21.2. The quantitative estimate of drug-likeness (QED) is 0.886. The highest BCUT2D eigenvalue weighted by Gasteiger charge is 2.23. The van der Waals surface area contributed by atoms with E-state index in [0.29, 0.717) is 9.92 Å². The lowest BCUT2D eigenvalue weighted by Gasteiger charge is -2.15. The predicted octanol–water partition coefficient (Wildman–Crippen LogP) is 2.17. The molecule has 1 aliphatic heterocycles. The van der Waals surface area contributed by atoms with Gasteiger partial charge in [-0.2, -0.15) is 0 Å². The first-order valence-electron chi connectivity index (χ1n) is 5.21. The molecule has 1 aromatic rings. The van der Waals surface area contributed by atoms with Gasteiger partial charge in [0.05, 0.1) is 4.90 Å². The number of sulfone groups is 1. The molecule has 1 unspecified atom stereocenters. The van der Waals surface area contributed by atoms with Crippen molar-refractivity contribution in [2.45, 2.75) is 23.8 Å². The summed E-state index contributed by atoms with van der Waals surface area (Å²) in [6.07, 6.45) is 3.26. The van der Waals surface area contributed by atoms with Crippen molar-refractivity contribution in [3.63, 3.8) is 0 Å². The van der Waals surface area contributed by atoms with E-state index in [0.717, 1.165) is 24.9 Å². The second kappa shape index (κ2) is 4.35. The van der Waals surface area contributed by atoms with Crippen molar-refractivity contribution in [1.29, 1.82) is 0 Å². The largest absolute Gasteiger partial charge is 0.310 e. The summed E-state index contributed by atoms with van der Waals surface area (Å²) in [5, 5.41) is 3.87. The van der Waals surface area contributed by atoms with Gasteiger partial charge >= 0.3 is 0 Å². The summed E-state index contributed by atoms with van der Waals surface area (Å²) in [6.45, 7) is 0.931. The van der Waals surface area contributed by atoms with E-state index < -0.39 is 9.84 Å². The minimum Gasteiger partial charge on any atom is -0.310 e. The summed E-state index contributed by atoms with van der Waals surface area (Å²) in [6, 6.07) is 5.08. The van der Waals surface area contributed by atoms with E-state index in [2.05, 4.69) is 5.32 Å². The molecule has 88 valence electrons. The van der Waals surface area contributed by atoms with Gasteiger partial charge in [0.25, 0.3) is 0 Å². The van der Waals surface area contributed by atoms with Crippen LogP contribution in [0.3, 0.4) is 0 Å². The van der Waals surface area contributed by atoms with Crippen molar-refractivity contribution in [1.82, 2.24) is 5.32 Å². The van der Waals surface area contributed by atoms with Crippen LogP contribution in [-0.2, 0) is 9.84 Å². The Morgan fingerprint density at radius 3 is 2.75 bits per heavy atom. The molecule has 0 aromatic heterocycles. The lowest BCUT2D eigenvalue weighted by Crippen LogP contribution is -2.16. The summed E-state index contributed by atoms with van der Waals surface area (Å²) in [5.41, 5.74) is 0.799. The summed E-state index contributed by atoms with van der Waals surface area (Å²) in [5.74, 6) is 0. The number of hydrogen-bond donors (Lipinski definition) is 1. The van der Waals surface area contributed by atoms with Gasteiger partial charge in [-0.05, 0) is 43.1 Å². The van der Waals surface area contributed by atoms with Crippen LogP contribution in [0, 0.1) is 0 Å². The fourth-order valence-electron chi connectivity index (χ4n) is 2.08. The van der Waals surface area contributed by atoms with Crippen molar-refractivity contribution in [2.75, 3.05) is 12.8 Å². The summed E-state index contributed by atoms with van der Waals surface area (Å²) < 4.78 is 23.3. The van der Waals surface area contributed by atoms with Gasteiger partial charge in [-0.25, -0.2) is 8.42 Å². The molecule has 1 saturated heterocycles. The molecule has 1 N–H and O–H groups in total. The monoisotopic (exact) mass is 259 g/mol. The zero-order valence-corrected chi connectivity index (χ0v) is 10.6. The number of benzene rings is 1. The van der Waals surface area contributed by atoms with Gasteiger partial charge in [0, 0.05) is 17.3 Å². The predicted molar refractivity (Wildman–Crippen MR) is 64.5 cm³/mol. The number of halogens is 1. The summed E-state index contributed by atoms with van der Waals surface area (Å²) in [7, 11) is -3.19. The molecule has 1 aromatic carbocycles. The molecule has 0 saturated carbocycles. The highest BCUT2D eigenvalue weighted by Crippen LogP contribution is 2.30. The maximum Gasteiger partial charge on any atom is 0.175 e. The molecule has 0 bridgehead atoms. The fraction of sp³-hybridized carbons (Fsp3) is 0.455. The van der Waals surface area contributed by atoms with Crippen LogP contribution in [0.1, 0.15) is 24.4 Å². The number of hydrogen-bond acceptors (Lipinski definition) is 3. The third kappa shape index (κ3) is 2.39. The average Bonchev–Trinajstić information content (AvgIpc) is 2.68. The van der Waals surface area contributed by atoms with Crippen LogP contribution >= 0.6 is 11.6 Å². The molecule has 1 aliphatic rings. The molecular formula is C11H14ClNO2S. The van der Waals surface area contributed by atoms with Crippen LogP contribution in [0.2, 0.25) is 5.02 Å². The SMILES string of the molecule is CS(=O)(=O)c1ccc(Cl)cc1C1CCCN1. The Bertz CT molecular complexity index is 493. The molecular weight excluding hydrogens is 246 g/mol. The van der Waals surface area contributed by atoms with Gasteiger partial charge in [0.15, 0.2) is 9.84 Å². The Balaban J connectivity index is 2.52. The van der Waals surface area contributed by atoms with E-state index >= 15 is 0 Å². The van der Waals surface area contributed by atoms with Gasteiger partial charge in [0.1, 0.15) is 0 Å². The van der Waals surface area contributed by atoms with E-state index in [4.69, 9.17) is 11.6 Å². The van der Waals surface area contributed by atoms with E-state index in [1.807, 2.05) is 0 Å². The molecule has 2 rings (SSSR count). The Labute approximate surface area is 101 Å². The van der Waals surface area contributed by atoms with E-state index in [1.54, 1.807) is 18.2 Å². The van der Waals surface area contributed by atoms with Crippen LogP contribution < -0.4 is 5.32 Å². The van der Waals surface area contributed by atoms with Crippen molar-refractivity contribution in [2.24, 2.45) is 0 Å². The molecule has 0 radical (unpaired) electrons. The van der Waals surface area contributed by atoms with E-state index in [1.165, 1.54) is 6.26 Å². The lowest BCUT2D eigenvalue weighted by atomic mass is 10.1. The Morgan fingerprint density at radius 1 is 1.44 bits per heavy atom. The minimum absolute atomic E-state index is 0.114. The van der Waals surface area contributed by atoms with Crippen molar-refractivity contribution >= 4 is 21.4 Å². The second-order valence-corrected chi connectivity index (χ2v) is 6.52. The molecule has 1 heterocycles. The van der Waals surface area contributed by atoms with Crippen LogP contribution in [0.5, 0.6) is 0 Å². The van der Waals surface area contributed by atoms with Crippen molar-refractivity contribution in [3.05, 3.63) is 28.8 Å². The van der Waals surface area contributed by atoms with Crippen LogP contribution in [0.25, 0.3) is 0 Å². The van der Waals surface area contributed by atoms with Crippen LogP contribution in [0.4, 0.5) is 0 Å². The third-order valence-electron chi connectivity index (χ3n) is 2.81. The second-order valence-electron chi connectivity index (χ2n) is 4.10. The maximum atomic E-state index is 11.7. The van der Waals surface area contributed by atoms with Crippen LogP contribution in [0.15, 0.2) is 23.1 Å². The molecule has 0 amide bonds. The minimum atomic E-state index is -3.19. The van der Waals surface area contributed by atoms with Crippen LogP contribution in [-0.4, -0.2) is 21.2 Å². The first-order valence-corrected chi connectivity index (χ1v) is 7.48. The zero-order chi connectivity index (χ0) is 11.8. The van der Waals surface area contributed by atoms with Gasteiger partial charge in [0.2, 0.25) is 0 Å². The van der Waals surface area contributed by atoms with Gasteiger partial charge in [-0.15, -0.1) is 0 Å². The molecule has 0 spiro atoms. The Morgan fingerprint density at radius 2 is 2.19 bits per heavy atom. The maximum absolute atomic E-state index is 11.7. The lowest BCUT2D eigenvalue weighted by molar-refractivity contribution is 0.591. The van der Waals surface area contributed by atoms with Crippen molar-refractivity contribution in [3.8, 4) is 0 Å². The topological polar surface area (TPSA) is 46.2 Å². The standard InChI is InChI=1S/C11H14ClNO2S/c1-16(14,15)11-5-4-8(12)7-9(11)10-3-2-6-13-10/h4-5,7,10,13H,2-3,6H2,1H3. The Kier molecular flexibility index (Phi) is 3.24. The molecule has 3 nitrogen and oxygen atoms in total. The van der Waals surface area contributed by atoms with Gasteiger partial charge in [-0.1, -0.05) is 11.6 Å². The first-order chi connectivity index (χ1) is 7.48. The smallest absolute Gasteiger partial charge is 0.175 e. The van der Waals surface area contributed by atoms with E-state index in [9.17, 15) is 8.42 Å². The van der Waals surface area contributed by atoms with Gasteiger partial charge < -0.3 is 5.32 Å². The molecule has 1 fully saturated rings. The van der Waals surface area contributed by atoms with Gasteiger partial charge in [-0.3, -0.25) is 0 Å². The Hall–Kier alpha value is -0.580. The van der Waals surface area contributed by atoms with E-state index in [-0.39, 0.29) is 6.04 Å². The number of nitrogens with one attached hydrogen (secondary N) is 1. The molecule has 16 heavy (non-hydrogen) atoms. The average molecular weight is 260 g/mol. The zero-order valence-electron chi connectivity index (χ0n) is 9.03. The molecule has 0 aliphatic carbocycles. The molecule has 1 atom stereocenters. The highest BCUT2D eigenvalue weighted by molar-refractivity contribution is 7.90. The fourth-order valence-corrected chi connectivity index (χ4v) is 3.20. The van der Waals surface area contributed by atoms with Crippen molar-refractivity contribution < 1.29 is 8.42 Å². The summed E-state index contributed by atoms with van der Waals surface area (Å²) in [4.78, 5) is 0.385. The molecule has 5 heteroatoms. The summed E-state index contributed by atoms with van der Waals surface area (Å²) >= 11 is 5.92. The first kappa shape index (κ1) is 11.9.